The SMILES string of the molecule is CC(C)[C@@H](O)[C@@H](N)c1cc(F)cc(F)c1.Cl. The molecule has 0 radical (unpaired) electrons. The van der Waals surface area contributed by atoms with Gasteiger partial charge in [0.05, 0.1) is 12.1 Å². The lowest BCUT2D eigenvalue weighted by molar-refractivity contribution is 0.0977. The van der Waals surface area contributed by atoms with E-state index in [-0.39, 0.29) is 23.9 Å². The number of aliphatic hydroxyl groups excluding tert-OH is 1. The van der Waals surface area contributed by atoms with Crippen molar-refractivity contribution >= 4 is 12.4 Å². The predicted octanol–water partition coefficient (Wildman–Crippen LogP) is 2.40. The van der Waals surface area contributed by atoms with Crippen LogP contribution in [0.1, 0.15) is 25.5 Å². The molecule has 0 amide bonds. The third-order valence-corrected chi connectivity index (χ3v) is 2.32. The fourth-order valence-electron chi connectivity index (χ4n) is 1.38. The quantitative estimate of drug-likeness (QED) is 0.867. The lowest BCUT2D eigenvalue weighted by atomic mass is 9.94. The average molecular weight is 252 g/mol. The zero-order valence-corrected chi connectivity index (χ0v) is 9.97. The molecule has 3 N–H and O–H groups in total. The van der Waals surface area contributed by atoms with Gasteiger partial charge < -0.3 is 10.8 Å². The van der Waals surface area contributed by atoms with Crippen molar-refractivity contribution in [2.75, 3.05) is 0 Å². The highest BCUT2D eigenvalue weighted by molar-refractivity contribution is 5.85. The van der Waals surface area contributed by atoms with Crippen molar-refractivity contribution in [3.05, 3.63) is 35.4 Å². The van der Waals surface area contributed by atoms with Gasteiger partial charge in [-0.1, -0.05) is 13.8 Å². The minimum absolute atomic E-state index is 0. The number of hydrogen-bond donors (Lipinski definition) is 2. The number of hydrogen-bond acceptors (Lipinski definition) is 2. The minimum Gasteiger partial charge on any atom is -0.391 e. The van der Waals surface area contributed by atoms with Gasteiger partial charge in [0.15, 0.2) is 0 Å². The predicted molar refractivity (Wildman–Crippen MR) is 61.4 cm³/mol. The number of nitrogens with two attached hydrogens (primary N) is 1. The van der Waals surface area contributed by atoms with E-state index in [0.29, 0.717) is 0 Å². The lowest BCUT2D eigenvalue weighted by Crippen LogP contribution is -2.30. The lowest BCUT2D eigenvalue weighted by Gasteiger charge is -2.22. The maximum Gasteiger partial charge on any atom is 0.126 e. The van der Waals surface area contributed by atoms with E-state index in [4.69, 9.17) is 5.73 Å². The van der Waals surface area contributed by atoms with E-state index in [0.717, 1.165) is 18.2 Å². The molecular weight excluding hydrogens is 236 g/mol. The number of benzene rings is 1. The first kappa shape index (κ1) is 15.3. The summed E-state index contributed by atoms with van der Waals surface area (Å²) in [5.41, 5.74) is 5.97. The van der Waals surface area contributed by atoms with Crippen LogP contribution in [-0.2, 0) is 0 Å². The number of halogens is 3. The molecule has 0 fully saturated rings. The van der Waals surface area contributed by atoms with Crippen molar-refractivity contribution in [2.24, 2.45) is 11.7 Å². The fraction of sp³-hybridized carbons (Fsp3) is 0.455. The summed E-state index contributed by atoms with van der Waals surface area (Å²) < 4.78 is 25.8. The molecule has 0 saturated carbocycles. The Morgan fingerprint density at radius 2 is 1.56 bits per heavy atom. The van der Waals surface area contributed by atoms with Crippen molar-refractivity contribution < 1.29 is 13.9 Å². The Morgan fingerprint density at radius 1 is 1.12 bits per heavy atom. The first-order chi connectivity index (χ1) is 6.91. The second-order valence-electron chi connectivity index (χ2n) is 3.96. The van der Waals surface area contributed by atoms with Crippen molar-refractivity contribution in [3.8, 4) is 0 Å². The van der Waals surface area contributed by atoms with Gasteiger partial charge in [0.2, 0.25) is 0 Å². The minimum atomic E-state index is -0.814. The summed E-state index contributed by atoms with van der Waals surface area (Å²) >= 11 is 0. The topological polar surface area (TPSA) is 46.2 Å². The summed E-state index contributed by atoms with van der Waals surface area (Å²) in [6.45, 7) is 3.58. The third kappa shape index (κ3) is 3.70. The van der Waals surface area contributed by atoms with Crippen LogP contribution in [-0.4, -0.2) is 11.2 Å². The Kier molecular flexibility index (Phi) is 5.86. The van der Waals surface area contributed by atoms with Crippen molar-refractivity contribution in [3.63, 3.8) is 0 Å². The summed E-state index contributed by atoms with van der Waals surface area (Å²) in [6.07, 6.45) is -0.814. The number of aliphatic hydroxyl groups is 1. The summed E-state index contributed by atoms with van der Waals surface area (Å²) in [7, 11) is 0. The zero-order valence-electron chi connectivity index (χ0n) is 9.15. The average Bonchev–Trinajstić information content (AvgIpc) is 2.13. The monoisotopic (exact) mass is 251 g/mol. The first-order valence-electron chi connectivity index (χ1n) is 4.81. The van der Waals surface area contributed by atoms with E-state index in [9.17, 15) is 13.9 Å². The van der Waals surface area contributed by atoms with Gasteiger partial charge in [-0.2, -0.15) is 0 Å². The highest BCUT2D eigenvalue weighted by atomic mass is 35.5. The van der Waals surface area contributed by atoms with Crippen LogP contribution < -0.4 is 5.73 Å². The van der Waals surface area contributed by atoms with Crippen LogP contribution in [0.5, 0.6) is 0 Å². The van der Waals surface area contributed by atoms with Gasteiger partial charge in [-0.3, -0.25) is 0 Å². The second kappa shape index (κ2) is 6.13. The van der Waals surface area contributed by atoms with E-state index in [2.05, 4.69) is 0 Å². The van der Waals surface area contributed by atoms with Crippen LogP contribution in [0.15, 0.2) is 18.2 Å². The Balaban J connectivity index is 0.00000225. The molecule has 1 aromatic carbocycles. The van der Waals surface area contributed by atoms with E-state index >= 15 is 0 Å². The van der Waals surface area contributed by atoms with Crippen LogP contribution in [0.4, 0.5) is 8.78 Å². The summed E-state index contributed by atoms with van der Waals surface area (Å²) in [5.74, 6) is -1.43. The summed E-state index contributed by atoms with van der Waals surface area (Å²) in [5, 5.41) is 9.66. The molecule has 0 aliphatic carbocycles. The Hall–Kier alpha value is -0.710. The molecule has 1 rings (SSSR count). The maximum atomic E-state index is 12.9. The fourth-order valence-corrected chi connectivity index (χ4v) is 1.38. The molecule has 16 heavy (non-hydrogen) atoms. The Bertz CT molecular complexity index is 327. The van der Waals surface area contributed by atoms with Gasteiger partial charge in [-0.05, 0) is 23.6 Å². The molecule has 0 bridgehead atoms. The van der Waals surface area contributed by atoms with Gasteiger partial charge >= 0.3 is 0 Å². The standard InChI is InChI=1S/C11H15F2NO.ClH/c1-6(2)11(15)10(14)7-3-8(12)5-9(13)4-7;/h3-6,10-11,15H,14H2,1-2H3;1H/t10-,11+;/m0./s1. The van der Waals surface area contributed by atoms with Gasteiger partial charge in [0.1, 0.15) is 11.6 Å². The van der Waals surface area contributed by atoms with E-state index in [1.165, 1.54) is 0 Å². The van der Waals surface area contributed by atoms with Gasteiger partial charge in [-0.15, -0.1) is 12.4 Å². The Morgan fingerprint density at radius 3 is 1.94 bits per heavy atom. The van der Waals surface area contributed by atoms with Crippen LogP contribution in [0.25, 0.3) is 0 Å². The van der Waals surface area contributed by atoms with E-state index < -0.39 is 23.8 Å². The van der Waals surface area contributed by atoms with Gasteiger partial charge in [0, 0.05) is 6.07 Å². The maximum absolute atomic E-state index is 12.9. The largest absolute Gasteiger partial charge is 0.391 e. The van der Waals surface area contributed by atoms with Gasteiger partial charge in [-0.25, -0.2) is 8.78 Å². The van der Waals surface area contributed by atoms with Crippen LogP contribution >= 0.6 is 12.4 Å². The Labute approximate surface area is 99.9 Å². The molecule has 0 aliphatic rings. The number of rotatable bonds is 3. The molecule has 0 saturated heterocycles. The molecule has 0 unspecified atom stereocenters. The normalized spacial score (nSPS) is 14.4. The second-order valence-corrected chi connectivity index (χ2v) is 3.96. The first-order valence-corrected chi connectivity index (χ1v) is 4.81. The molecule has 0 aromatic heterocycles. The molecule has 0 aliphatic heterocycles. The van der Waals surface area contributed by atoms with E-state index in [1.54, 1.807) is 13.8 Å². The smallest absolute Gasteiger partial charge is 0.126 e. The van der Waals surface area contributed by atoms with Crippen molar-refractivity contribution in [1.82, 2.24) is 0 Å². The molecule has 5 heteroatoms. The van der Waals surface area contributed by atoms with Crippen molar-refractivity contribution in [2.45, 2.75) is 26.0 Å². The van der Waals surface area contributed by atoms with Crippen LogP contribution in [0.3, 0.4) is 0 Å². The highest BCUT2D eigenvalue weighted by Gasteiger charge is 2.20. The molecular formula is C11H16ClF2NO. The molecule has 2 nitrogen and oxygen atoms in total. The van der Waals surface area contributed by atoms with Gasteiger partial charge in [0.25, 0.3) is 0 Å². The van der Waals surface area contributed by atoms with E-state index in [1.807, 2.05) is 0 Å². The highest BCUT2D eigenvalue weighted by Crippen LogP contribution is 2.21. The zero-order chi connectivity index (χ0) is 11.6. The summed E-state index contributed by atoms with van der Waals surface area (Å²) in [6, 6.07) is 2.28. The molecule has 92 valence electrons. The van der Waals surface area contributed by atoms with Crippen molar-refractivity contribution in [1.29, 1.82) is 0 Å². The molecule has 0 spiro atoms. The van der Waals surface area contributed by atoms with Crippen LogP contribution in [0, 0.1) is 17.6 Å². The molecule has 0 heterocycles. The summed E-state index contributed by atoms with van der Waals surface area (Å²) in [4.78, 5) is 0. The van der Waals surface area contributed by atoms with Crippen LogP contribution in [0.2, 0.25) is 0 Å². The molecule has 2 atom stereocenters. The molecule has 1 aromatic rings. The third-order valence-electron chi connectivity index (χ3n) is 2.32.